The smallest absolute Gasteiger partial charge is 0.243 e. The largest absolute Gasteiger partial charge is 0.376 e. The predicted octanol–water partition coefficient (Wildman–Crippen LogP) is 4.91. The fraction of sp³-hybridized carbons (Fsp3) is 0.300. The van der Waals surface area contributed by atoms with E-state index in [1.54, 1.807) is 36.4 Å². The van der Waals surface area contributed by atoms with Crippen molar-refractivity contribution in [1.29, 1.82) is 0 Å². The van der Waals surface area contributed by atoms with Crippen molar-refractivity contribution in [2.24, 2.45) is 0 Å². The number of amides is 2. The van der Waals surface area contributed by atoms with Gasteiger partial charge >= 0.3 is 0 Å². The first kappa shape index (κ1) is 19.8. The van der Waals surface area contributed by atoms with Crippen LogP contribution in [0.3, 0.4) is 0 Å². The van der Waals surface area contributed by atoms with Crippen LogP contribution in [-0.4, -0.2) is 18.4 Å². The van der Waals surface area contributed by atoms with Gasteiger partial charge in [-0.15, -0.1) is 0 Å². The summed E-state index contributed by atoms with van der Waals surface area (Å²) in [6, 6.07) is 14.3. The summed E-state index contributed by atoms with van der Waals surface area (Å²) in [6.07, 6.45) is 3.52. The molecule has 5 nitrogen and oxygen atoms in total. The molecule has 0 radical (unpaired) electrons. The van der Waals surface area contributed by atoms with E-state index in [4.69, 9.17) is 11.6 Å². The Morgan fingerprint density at radius 3 is 2.23 bits per heavy atom. The van der Waals surface area contributed by atoms with Crippen LogP contribution in [0.2, 0.25) is 5.02 Å². The molecule has 0 saturated carbocycles. The normalized spacial score (nSPS) is 10.2. The van der Waals surface area contributed by atoms with Crippen LogP contribution in [0.5, 0.6) is 0 Å². The number of halogens is 1. The zero-order valence-electron chi connectivity index (χ0n) is 14.8. The molecule has 6 heteroatoms. The monoisotopic (exact) mass is 373 g/mol. The van der Waals surface area contributed by atoms with Crippen molar-refractivity contribution < 1.29 is 9.59 Å². The van der Waals surface area contributed by atoms with Gasteiger partial charge in [0.05, 0.1) is 6.54 Å². The van der Waals surface area contributed by atoms with Crippen LogP contribution in [0.15, 0.2) is 48.5 Å². The van der Waals surface area contributed by atoms with Crippen molar-refractivity contribution in [1.82, 2.24) is 0 Å². The predicted molar refractivity (Wildman–Crippen MR) is 108 cm³/mol. The Morgan fingerprint density at radius 1 is 0.885 bits per heavy atom. The van der Waals surface area contributed by atoms with Crippen molar-refractivity contribution in [3.05, 3.63) is 53.6 Å². The lowest BCUT2D eigenvalue weighted by Gasteiger charge is -2.10. The first-order chi connectivity index (χ1) is 12.6. The summed E-state index contributed by atoms with van der Waals surface area (Å²) in [6.45, 7) is 2.22. The fourth-order valence-electron chi connectivity index (χ4n) is 2.42. The van der Waals surface area contributed by atoms with Gasteiger partial charge in [-0.25, -0.2) is 0 Å². The highest BCUT2D eigenvalue weighted by Gasteiger charge is 2.06. The molecule has 2 aromatic rings. The summed E-state index contributed by atoms with van der Waals surface area (Å²) in [5.41, 5.74) is 2.09. The Kier molecular flexibility index (Phi) is 7.96. The third-order valence-corrected chi connectivity index (χ3v) is 3.95. The Labute approximate surface area is 159 Å². The molecule has 3 N–H and O–H groups in total. The van der Waals surface area contributed by atoms with E-state index >= 15 is 0 Å². The minimum Gasteiger partial charge on any atom is -0.376 e. The van der Waals surface area contributed by atoms with Crippen LogP contribution in [0.25, 0.3) is 0 Å². The maximum Gasteiger partial charge on any atom is 0.243 e. The van der Waals surface area contributed by atoms with E-state index in [-0.39, 0.29) is 18.4 Å². The highest BCUT2D eigenvalue weighted by atomic mass is 35.5. The molecular weight excluding hydrogens is 350 g/mol. The van der Waals surface area contributed by atoms with E-state index in [1.165, 1.54) is 0 Å². The highest BCUT2D eigenvalue weighted by Crippen LogP contribution is 2.17. The Morgan fingerprint density at radius 2 is 1.54 bits per heavy atom. The van der Waals surface area contributed by atoms with E-state index in [9.17, 15) is 9.59 Å². The lowest BCUT2D eigenvalue weighted by atomic mass is 10.2. The SMILES string of the molecule is CCCCCC(=O)Nc1cccc(NC(=O)CNc2cccc(Cl)c2)c1. The molecule has 2 aromatic carbocycles. The van der Waals surface area contributed by atoms with Crippen LogP contribution in [-0.2, 0) is 9.59 Å². The second kappa shape index (κ2) is 10.5. The number of carbonyl (C=O) groups is 2. The number of carbonyl (C=O) groups excluding carboxylic acids is 2. The third-order valence-electron chi connectivity index (χ3n) is 3.72. The van der Waals surface area contributed by atoms with Gasteiger partial charge in [-0.05, 0) is 42.8 Å². The van der Waals surface area contributed by atoms with Gasteiger partial charge in [0.15, 0.2) is 0 Å². The number of hydrogen-bond donors (Lipinski definition) is 3. The lowest BCUT2D eigenvalue weighted by molar-refractivity contribution is -0.116. The van der Waals surface area contributed by atoms with Gasteiger partial charge in [-0.1, -0.05) is 43.5 Å². The maximum absolute atomic E-state index is 12.1. The first-order valence-corrected chi connectivity index (χ1v) is 9.14. The third kappa shape index (κ3) is 7.15. The van der Waals surface area contributed by atoms with Crippen molar-refractivity contribution in [3.63, 3.8) is 0 Å². The molecule has 0 aliphatic heterocycles. The molecule has 0 fully saturated rings. The van der Waals surface area contributed by atoms with Crippen LogP contribution in [0, 0.1) is 0 Å². The van der Waals surface area contributed by atoms with Crippen molar-refractivity contribution in [2.45, 2.75) is 32.6 Å². The molecule has 0 heterocycles. The van der Waals surface area contributed by atoms with Crippen molar-refractivity contribution >= 4 is 40.5 Å². The van der Waals surface area contributed by atoms with Gasteiger partial charge in [0, 0.05) is 28.5 Å². The highest BCUT2D eigenvalue weighted by molar-refractivity contribution is 6.30. The number of anilines is 3. The molecule has 0 saturated heterocycles. The second-order valence-corrected chi connectivity index (χ2v) is 6.43. The topological polar surface area (TPSA) is 70.2 Å². The van der Waals surface area contributed by atoms with Gasteiger partial charge in [0.2, 0.25) is 11.8 Å². The number of unbranched alkanes of at least 4 members (excludes halogenated alkanes) is 2. The standard InChI is InChI=1S/C20H24ClN3O2/c1-2-3-4-11-19(25)23-17-9-6-10-18(13-17)24-20(26)14-22-16-8-5-7-15(21)12-16/h5-10,12-13,22H,2-4,11,14H2,1H3,(H,23,25)(H,24,26). The van der Waals surface area contributed by atoms with Crippen LogP contribution >= 0.6 is 11.6 Å². The zero-order chi connectivity index (χ0) is 18.8. The van der Waals surface area contributed by atoms with Crippen LogP contribution < -0.4 is 16.0 Å². The van der Waals surface area contributed by atoms with E-state index in [2.05, 4.69) is 22.9 Å². The van der Waals surface area contributed by atoms with Crippen molar-refractivity contribution in [3.8, 4) is 0 Å². The van der Waals surface area contributed by atoms with Gasteiger partial charge in [-0.3, -0.25) is 9.59 Å². The van der Waals surface area contributed by atoms with E-state index < -0.39 is 0 Å². The average Bonchev–Trinajstić information content (AvgIpc) is 2.60. The maximum atomic E-state index is 12.1. The molecular formula is C20H24ClN3O2. The van der Waals surface area contributed by atoms with E-state index in [0.29, 0.717) is 22.8 Å². The fourth-order valence-corrected chi connectivity index (χ4v) is 2.61. The minimum absolute atomic E-state index is 0.00968. The Bertz CT molecular complexity index is 749. The summed E-state index contributed by atoms with van der Waals surface area (Å²) >= 11 is 5.91. The molecule has 2 amide bonds. The quantitative estimate of drug-likeness (QED) is 0.547. The summed E-state index contributed by atoms with van der Waals surface area (Å²) in [7, 11) is 0. The molecule has 0 bridgehead atoms. The lowest BCUT2D eigenvalue weighted by Crippen LogP contribution is -2.21. The molecule has 0 aliphatic carbocycles. The first-order valence-electron chi connectivity index (χ1n) is 8.76. The molecule has 0 spiro atoms. The number of rotatable bonds is 9. The van der Waals surface area contributed by atoms with Crippen LogP contribution in [0.1, 0.15) is 32.6 Å². The van der Waals surface area contributed by atoms with Gasteiger partial charge in [0.1, 0.15) is 0 Å². The summed E-state index contributed by atoms with van der Waals surface area (Å²) in [5, 5.41) is 9.29. The van der Waals surface area contributed by atoms with E-state index in [0.717, 1.165) is 24.9 Å². The number of benzene rings is 2. The zero-order valence-corrected chi connectivity index (χ0v) is 15.6. The molecule has 2 rings (SSSR count). The second-order valence-electron chi connectivity index (χ2n) is 6.00. The minimum atomic E-state index is -0.184. The molecule has 0 aliphatic rings. The molecule has 0 atom stereocenters. The van der Waals surface area contributed by atoms with Crippen LogP contribution in [0.4, 0.5) is 17.1 Å². The summed E-state index contributed by atoms with van der Waals surface area (Å²) in [4.78, 5) is 24.0. The number of hydrogen-bond acceptors (Lipinski definition) is 3. The Hall–Kier alpha value is -2.53. The summed E-state index contributed by atoms with van der Waals surface area (Å²) in [5.74, 6) is -0.194. The molecule has 0 aromatic heterocycles. The van der Waals surface area contributed by atoms with Gasteiger partial charge in [-0.2, -0.15) is 0 Å². The van der Waals surface area contributed by atoms with Gasteiger partial charge < -0.3 is 16.0 Å². The van der Waals surface area contributed by atoms with Gasteiger partial charge in [0.25, 0.3) is 0 Å². The average molecular weight is 374 g/mol. The van der Waals surface area contributed by atoms with Crippen molar-refractivity contribution in [2.75, 3.05) is 22.5 Å². The van der Waals surface area contributed by atoms with E-state index in [1.807, 2.05) is 12.1 Å². The number of nitrogens with one attached hydrogen (secondary N) is 3. The molecule has 0 unspecified atom stereocenters. The molecule has 26 heavy (non-hydrogen) atoms. The molecule has 138 valence electrons. The Balaban J connectivity index is 1.83. The summed E-state index contributed by atoms with van der Waals surface area (Å²) < 4.78 is 0.